The van der Waals surface area contributed by atoms with Crippen molar-refractivity contribution < 1.29 is 14.4 Å². The van der Waals surface area contributed by atoms with Crippen LogP contribution in [0.3, 0.4) is 0 Å². The van der Waals surface area contributed by atoms with Crippen molar-refractivity contribution in [2.24, 2.45) is 0 Å². The SMILES string of the molecule is COC1(c2nc(-c3ncn4c3c(=O)n(C(C)CO)c3c(Cl)cccc34)no2)CC1. The molecule has 1 N–H and O–H groups in total. The summed E-state index contributed by atoms with van der Waals surface area (Å²) in [5.41, 5.74) is 0.922. The average molecular weight is 416 g/mol. The molecule has 1 fully saturated rings. The van der Waals surface area contributed by atoms with Crippen LogP contribution in [0.25, 0.3) is 28.1 Å². The zero-order valence-electron chi connectivity index (χ0n) is 15.8. The number of nitrogens with zero attached hydrogens (tertiary/aromatic N) is 5. The van der Waals surface area contributed by atoms with Crippen molar-refractivity contribution in [1.29, 1.82) is 0 Å². The van der Waals surface area contributed by atoms with E-state index in [1.165, 1.54) is 10.9 Å². The van der Waals surface area contributed by atoms with Gasteiger partial charge in [0.25, 0.3) is 11.4 Å². The lowest BCUT2D eigenvalue weighted by atomic mass is 10.2. The lowest BCUT2D eigenvalue weighted by Gasteiger charge is -2.18. The number of hydrogen-bond donors (Lipinski definition) is 1. The second-order valence-electron chi connectivity index (χ2n) is 7.25. The maximum absolute atomic E-state index is 13.4. The third-order valence-electron chi connectivity index (χ3n) is 5.48. The Morgan fingerprint density at radius 2 is 2.17 bits per heavy atom. The molecule has 4 aromatic rings. The summed E-state index contributed by atoms with van der Waals surface area (Å²) in [6.07, 6.45) is 3.15. The molecule has 0 radical (unpaired) electrons. The minimum absolute atomic E-state index is 0.215. The number of aliphatic hydroxyl groups is 1. The van der Waals surface area contributed by atoms with Crippen molar-refractivity contribution in [3.8, 4) is 11.5 Å². The highest BCUT2D eigenvalue weighted by Gasteiger charge is 2.50. The van der Waals surface area contributed by atoms with E-state index in [0.717, 1.165) is 12.8 Å². The average Bonchev–Trinajstić information content (AvgIpc) is 3.15. The smallest absolute Gasteiger partial charge is 0.278 e. The summed E-state index contributed by atoms with van der Waals surface area (Å²) in [6, 6.07) is 4.86. The number of rotatable bonds is 5. The number of methoxy groups -OCH3 is 1. The Bertz CT molecular complexity index is 1300. The fourth-order valence-electron chi connectivity index (χ4n) is 3.68. The van der Waals surface area contributed by atoms with Crippen LogP contribution in [0.5, 0.6) is 0 Å². The minimum atomic E-state index is -0.535. The molecule has 0 aliphatic heterocycles. The van der Waals surface area contributed by atoms with Crippen LogP contribution in [0, 0.1) is 0 Å². The molecule has 0 bridgehead atoms. The number of ether oxygens (including phenoxy) is 1. The molecule has 10 heteroatoms. The van der Waals surface area contributed by atoms with Crippen LogP contribution in [0.1, 0.15) is 31.7 Å². The van der Waals surface area contributed by atoms with Crippen LogP contribution < -0.4 is 5.56 Å². The van der Waals surface area contributed by atoms with Crippen molar-refractivity contribution in [3.63, 3.8) is 0 Å². The molecular weight excluding hydrogens is 398 g/mol. The van der Waals surface area contributed by atoms with Crippen LogP contribution in [0.15, 0.2) is 33.8 Å². The molecular formula is C19H18ClN5O4. The molecule has 0 saturated heterocycles. The molecule has 1 aliphatic carbocycles. The Labute approximate surface area is 169 Å². The zero-order chi connectivity index (χ0) is 20.3. The number of aliphatic hydroxyl groups excluding tert-OH is 1. The number of para-hydroxylation sites is 1. The predicted molar refractivity (Wildman–Crippen MR) is 105 cm³/mol. The second-order valence-corrected chi connectivity index (χ2v) is 7.65. The molecule has 0 amide bonds. The van der Waals surface area contributed by atoms with Gasteiger partial charge < -0.3 is 14.4 Å². The Morgan fingerprint density at radius 1 is 1.38 bits per heavy atom. The molecule has 29 heavy (non-hydrogen) atoms. The van der Waals surface area contributed by atoms with E-state index in [1.807, 2.05) is 6.07 Å². The van der Waals surface area contributed by atoms with Crippen LogP contribution in [-0.2, 0) is 10.3 Å². The van der Waals surface area contributed by atoms with Gasteiger partial charge in [0.15, 0.2) is 0 Å². The molecule has 1 aromatic carbocycles. The van der Waals surface area contributed by atoms with Crippen molar-refractivity contribution in [2.45, 2.75) is 31.4 Å². The molecule has 1 atom stereocenters. The maximum Gasteiger partial charge on any atom is 0.278 e. The van der Waals surface area contributed by atoms with E-state index in [4.69, 9.17) is 20.9 Å². The van der Waals surface area contributed by atoms with E-state index in [2.05, 4.69) is 15.1 Å². The number of benzene rings is 1. The Balaban J connectivity index is 1.81. The zero-order valence-corrected chi connectivity index (χ0v) is 16.5. The monoisotopic (exact) mass is 415 g/mol. The number of aromatic nitrogens is 5. The fourth-order valence-corrected chi connectivity index (χ4v) is 3.94. The van der Waals surface area contributed by atoms with Gasteiger partial charge in [0.2, 0.25) is 5.82 Å². The van der Waals surface area contributed by atoms with Gasteiger partial charge in [-0.3, -0.25) is 13.8 Å². The molecule has 3 heterocycles. The number of fused-ring (bicyclic) bond motifs is 3. The van der Waals surface area contributed by atoms with Gasteiger partial charge in [-0.15, -0.1) is 0 Å². The molecule has 9 nitrogen and oxygen atoms in total. The Kier molecular flexibility index (Phi) is 4.02. The van der Waals surface area contributed by atoms with Crippen molar-refractivity contribution >= 4 is 28.2 Å². The fraction of sp³-hybridized carbons (Fsp3) is 0.368. The molecule has 5 rings (SSSR count). The first kappa shape index (κ1) is 18.3. The highest BCUT2D eigenvalue weighted by molar-refractivity contribution is 6.35. The van der Waals surface area contributed by atoms with Gasteiger partial charge >= 0.3 is 0 Å². The third-order valence-corrected chi connectivity index (χ3v) is 5.79. The van der Waals surface area contributed by atoms with E-state index in [0.29, 0.717) is 27.6 Å². The van der Waals surface area contributed by atoms with Gasteiger partial charge in [-0.2, -0.15) is 4.98 Å². The summed E-state index contributed by atoms with van der Waals surface area (Å²) in [5.74, 6) is 0.594. The van der Waals surface area contributed by atoms with Gasteiger partial charge in [0.1, 0.15) is 23.1 Å². The quantitative estimate of drug-likeness (QED) is 0.533. The van der Waals surface area contributed by atoms with E-state index >= 15 is 0 Å². The molecule has 0 spiro atoms. The number of hydrogen-bond acceptors (Lipinski definition) is 7. The summed E-state index contributed by atoms with van der Waals surface area (Å²) in [4.78, 5) is 22.3. The molecule has 1 saturated carbocycles. The minimum Gasteiger partial charge on any atom is -0.394 e. The number of imidazole rings is 1. The third kappa shape index (κ3) is 2.54. The molecule has 150 valence electrons. The molecule has 1 unspecified atom stereocenters. The Hall–Kier alpha value is -2.75. The van der Waals surface area contributed by atoms with Crippen molar-refractivity contribution in [1.82, 2.24) is 24.1 Å². The highest BCUT2D eigenvalue weighted by Crippen LogP contribution is 2.48. The van der Waals surface area contributed by atoms with Gasteiger partial charge in [0.05, 0.1) is 28.7 Å². The maximum atomic E-state index is 13.4. The topological polar surface area (TPSA) is 108 Å². The van der Waals surface area contributed by atoms with Gasteiger partial charge in [-0.05, 0) is 31.9 Å². The largest absolute Gasteiger partial charge is 0.394 e. The summed E-state index contributed by atoms with van der Waals surface area (Å²) in [7, 11) is 1.60. The van der Waals surface area contributed by atoms with Crippen LogP contribution in [-0.4, -0.2) is 42.9 Å². The predicted octanol–water partition coefficient (Wildman–Crippen LogP) is 2.54. The highest BCUT2D eigenvalue weighted by atomic mass is 35.5. The van der Waals surface area contributed by atoms with E-state index in [-0.39, 0.29) is 23.5 Å². The normalized spacial score (nSPS) is 16.6. The van der Waals surface area contributed by atoms with Gasteiger partial charge in [-0.25, -0.2) is 4.98 Å². The first-order chi connectivity index (χ1) is 14.0. The van der Waals surface area contributed by atoms with Crippen molar-refractivity contribution in [3.05, 3.63) is 45.8 Å². The molecule has 1 aliphatic rings. The van der Waals surface area contributed by atoms with Gasteiger partial charge in [-0.1, -0.05) is 22.8 Å². The van der Waals surface area contributed by atoms with Crippen LogP contribution >= 0.6 is 11.6 Å². The standard InChI is InChI=1S/C19H18ClN5O4/c1-10(8-26)25-14-11(20)4-3-5-12(14)24-9-21-13(15(24)17(25)27)16-22-18(29-23-16)19(28-2)6-7-19/h3-5,9-10,26H,6-8H2,1-2H3. The van der Waals surface area contributed by atoms with E-state index in [1.54, 1.807) is 30.6 Å². The molecule has 3 aromatic heterocycles. The lowest BCUT2D eigenvalue weighted by molar-refractivity contribution is 0.0492. The van der Waals surface area contributed by atoms with Crippen molar-refractivity contribution in [2.75, 3.05) is 13.7 Å². The number of halogens is 1. The summed E-state index contributed by atoms with van der Waals surface area (Å²) in [6.45, 7) is 1.53. The van der Waals surface area contributed by atoms with E-state index < -0.39 is 11.6 Å². The van der Waals surface area contributed by atoms with Crippen LogP contribution in [0.2, 0.25) is 5.02 Å². The van der Waals surface area contributed by atoms with Gasteiger partial charge in [0, 0.05) is 7.11 Å². The first-order valence-electron chi connectivity index (χ1n) is 9.21. The van der Waals surface area contributed by atoms with Crippen LogP contribution in [0.4, 0.5) is 0 Å². The lowest BCUT2D eigenvalue weighted by Crippen LogP contribution is -2.27. The first-order valence-corrected chi connectivity index (χ1v) is 9.59. The Morgan fingerprint density at radius 3 is 2.86 bits per heavy atom. The summed E-state index contributed by atoms with van der Waals surface area (Å²) < 4.78 is 14.0. The summed E-state index contributed by atoms with van der Waals surface area (Å²) in [5, 5.41) is 14.2. The second kappa shape index (κ2) is 6.38. The van der Waals surface area contributed by atoms with E-state index in [9.17, 15) is 9.90 Å². The summed E-state index contributed by atoms with van der Waals surface area (Å²) >= 11 is 6.41.